The Morgan fingerprint density at radius 2 is 1.48 bits per heavy atom. The van der Waals surface area contributed by atoms with Crippen molar-refractivity contribution >= 4 is 38.3 Å². The van der Waals surface area contributed by atoms with Crippen LogP contribution in [0.25, 0.3) is 0 Å². The molecule has 0 aromatic heterocycles. The quantitative estimate of drug-likeness (QED) is 0.595. The summed E-state index contributed by atoms with van der Waals surface area (Å²) in [6, 6.07) is 9.98. The summed E-state index contributed by atoms with van der Waals surface area (Å²) in [5.74, 6) is 0.835. The van der Waals surface area contributed by atoms with Gasteiger partial charge in [-0.25, -0.2) is 0 Å². The molecule has 2 aromatic rings. The molecule has 0 aliphatic heterocycles. The van der Waals surface area contributed by atoms with Crippen molar-refractivity contribution in [2.24, 2.45) is 0 Å². The Balaban J connectivity index is 0.00000312. The van der Waals surface area contributed by atoms with Gasteiger partial charge in [0.05, 0.1) is 0 Å². The van der Waals surface area contributed by atoms with E-state index in [0.29, 0.717) is 0 Å². The molecule has 25 heavy (non-hydrogen) atoms. The Morgan fingerprint density at radius 3 is 2.00 bits per heavy atom. The summed E-state index contributed by atoms with van der Waals surface area (Å²) in [5, 5.41) is 1.04. The Labute approximate surface area is 165 Å². The molecule has 0 saturated heterocycles. The molecule has 0 spiro atoms. The van der Waals surface area contributed by atoms with Crippen LogP contribution in [0.5, 0.6) is 5.75 Å². The van der Waals surface area contributed by atoms with Gasteiger partial charge in [0.25, 0.3) is 0 Å². The second-order valence-corrected chi connectivity index (χ2v) is 8.61. The zero-order valence-corrected chi connectivity index (χ0v) is 16.7. The van der Waals surface area contributed by atoms with Gasteiger partial charge in [0.1, 0.15) is 11.4 Å². The van der Waals surface area contributed by atoms with Crippen LogP contribution < -0.4 is 10.0 Å². The fourth-order valence-electron chi connectivity index (χ4n) is 2.79. The van der Waals surface area contributed by atoms with Crippen molar-refractivity contribution < 1.29 is 9.53 Å². The molecule has 0 bridgehead atoms. The first kappa shape index (κ1) is 22.0. The van der Waals surface area contributed by atoms with E-state index in [2.05, 4.69) is 19.9 Å². The molecule has 0 N–H and O–H groups in total. The van der Waals surface area contributed by atoms with E-state index >= 15 is 0 Å². The van der Waals surface area contributed by atoms with Gasteiger partial charge in [-0.15, -0.1) is 0 Å². The van der Waals surface area contributed by atoms with E-state index in [4.69, 9.17) is 4.74 Å². The summed E-state index contributed by atoms with van der Waals surface area (Å²) in [7, 11) is 0.132. The van der Waals surface area contributed by atoms with Crippen LogP contribution in [0.1, 0.15) is 53.4 Å². The molecule has 0 heterocycles. The van der Waals surface area contributed by atoms with Crippen LogP contribution in [0.4, 0.5) is 0 Å². The number of ether oxygens (including phenoxy) is 1. The molecular weight excluding hydrogens is 322 g/mol. The van der Waals surface area contributed by atoms with Crippen molar-refractivity contribution in [2.45, 2.75) is 54.1 Å². The molecule has 0 amide bonds. The zero-order chi connectivity index (χ0) is 18.1. The molecule has 0 saturated carbocycles. The van der Waals surface area contributed by atoms with E-state index in [1.807, 2.05) is 58.9 Å². The van der Waals surface area contributed by atoms with Crippen LogP contribution in [0.2, 0.25) is 0 Å². The molecule has 2 aromatic carbocycles. The third-order valence-corrected chi connectivity index (χ3v) is 5.22. The van der Waals surface area contributed by atoms with Gasteiger partial charge in [0, 0.05) is 5.56 Å². The van der Waals surface area contributed by atoms with Gasteiger partial charge in [-0.2, -0.15) is 0 Å². The van der Waals surface area contributed by atoms with Crippen LogP contribution in [0, 0.1) is 27.7 Å². The van der Waals surface area contributed by atoms with E-state index in [0.717, 1.165) is 27.7 Å². The summed E-state index contributed by atoms with van der Waals surface area (Å²) in [6.45, 7) is 14.3. The average Bonchev–Trinajstić information content (AvgIpc) is 2.45. The van der Waals surface area contributed by atoms with Crippen molar-refractivity contribution in [1.29, 1.82) is 0 Å². The van der Waals surface area contributed by atoms with E-state index < -0.39 is 0 Å². The van der Waals surface area contributed by atoms with Crippen LogP contribution >= 0.6 is 8.58 Å². The van der Waals surface area contributed by atoms with Crippen LogP contribution in [0.3, 0.4) is 0 Å². The molecule has 1 unspecified atom stereocenters. The first-order chi connectivity index (χ1) is 11.1. The molecule has 0 fully saturated rings. The van der Waals surface area contributed by atoms with Crippen LogP contribution in [-0.2, 0) is 0 Å². The topological polar surface area (TPSA) is 26.3 Å². The third kappa shape index (κ3) is 5.72. The van der Waals surface area contributed by atoms with Gasteiger partial charge < -0.3 is 4.74 Å². The summed E-state index contributed by atoms with van der Waals surface area (Å²) >= 11 is 0. The SMILES string of the molecule is Cc1cc(C)c(C(=O)Pc2ccc(OC(C)(C)C)cc2)c(C)c1C.[LiH]. The Hall–Kier alpha value is -1.06. The normalized spacial score (nSPS) is 11.5. The number of carbonyl (C=O) groups is 1. The third-order valence-electron chi connectivity index (χ3n) is 4.12. The number of rotatable bonds is 4. The van der Waals surface area contributed by atoms with E-state index in [1.165, 1.54) is 11.1 Å². The molecule has 1 atom stereocenters. The molecule has 2 nitrogen and oxygen atoms in total. The standard InChI is InChI=1S/C21H27O2P.Li.H/c1-13-12-14(2)19(16(4)15(13)3)20(22)24-18-10-8-17(9-11-18)23-21(5,6)7;;/h8-12,24H,1-7H3;;. The van der Waals surface area contributed by atoms with Crippen molar-refractivity contribution in [3.63, 3.8) is 0 Å². The molecule has 0 radical (unpaired) electrons. The number of aryl methyl sites for hydroxylation is 2. The zero-order valence-electron chi connectivity index (χ0n) is 15.7. The maximum atomic E-state index is 12.8. The Morgan fingerprint density at radius 1 is 0.920 bits per heavy atom. The molecule has 0 aliphatic carbocycles. The monoisotopic (exact) mass is 350 g/mol. The van der Waals surface area contributed by atoms with Crippen molar-refractivity contribution in [1.82, 2.24) is 0 Å². The summed E-state index contributed by atoms with van der Waals surface area (Å²) in [5.41, 5.74) is 5.51. The van der Waals surface area contributed by atoms with Gasteiger partial charge in [0.2, 0.25) is 0 Å². The Kier molecular flexibility index (Phi) is 7.51. The Bertz CT molecular complexity index is 759. The minimum absolute atomic E-state index is 0. The molecule has 2 rings (SSSR count). The van der Waals surface area contributed by atoms with Crippen LogP contribution in [-0.4, -0.2) is 30.0 Å². The molecule has 130 valence electrons. The summed E-state index contributed by atoms with van der Waals surface area (Å²) in [4.78, 5) is 12.8. The second-order valence-electron chi connectivity index (χ2n) is 7.33. The second kappa shape index (κ2) is 8.55. The van der Waals surface area contributed by atoms with Gasteiger partial charge in [-0.05, 0) is 96.7 Å². The minimum atomic E-state index is -0.215. The number of carbonyl (C=O) groups excluding carboxylic acids is 1. The average molecular weight is 350 g/mol. The van der Waals surface area contributed by atoms with Crippen LogP contribution in [0.15, 0.2) is 30.3 Å². The van der Waals surface area contributed by atoms with Gasteiger partial charge in [-0.1, -0.05) is 18.2 Å². The summed E-state index contributed by atoms with van der Waals surface area (Å²) in [6.07, 6.45) is 0. The van der Waals surface area contributed by atoms with Crippen molar-refractivity contribution in [3.8, 4) is 5.75 Å². The number of hydrogen-bond donors (Lipinski definition) is 0. The maximum absolute atomic E-state index is 12.8. The van der Waals surface area contributed by atoms with E-state index in [1.54, 1.807) is 0 Å². The van der Waals surface area contributed by atoms with Crippen molar-refractivity contribution in [3.05, 3.63) is 58.1 Å². The number of hydrogen-bond acceptors (Lipinski definition) is 2. The van der Waals surface area contributed by atoms with Gasteiger partial charge in [-0.3, -0.25) is 4.79 Å². The van der Waals surface area contributed by atoms with Gasteiger partial charge >= 0.3 is 18.9 Å². The molecule has 0 aliphatic rings. The van der Waals surface area contributed by atoms with E-state index in [-0.39, 0.29) is 38.6 Å². The molecular formula is C21H28LiO2P. The van der Waals surface area contributed by atoms with Gasteiger partial charge in [0.15, 0.2) is 5.52 Å². The van der Waals surface area contributed by atoms with Crippen molar-refractivity contribution in [2.75, 3.05) is 0 Å². The first-order valence-electron chi connectivity index (χ1n) is 8.26. The number of benzene rings is 2. The fourth-order valence-corrected chi connectivity index (χ4v) is 3.89. The fraction of sp³-hybridized carbons (Fsp3) is 0.381. The van der Waals surface area contributed by atoms with E-state index in [9.17, 15) is 4.79 Å². The molecule has 4 heteroatoms. The summed E-state index contributed by atoms with van der Waals surface area (Å²) < 4.78 is 5.83. The first-order valence-corrected chi connectivity index (χ1v) is 9.26. The predicted octanol–water partition coefficient (Wildman–Crippen LogP) is 4.59. The predicted molar refractivity (Wildman–Crippen MR) is 112 cm³/mol.